The largest absolute Gasteiger partial charge is 0.497 e. The quantitative estimate of drug-likeness (QED) is 0.588. The molecule has 0 spiro atoms. The first-order chi connectivity index (χ1) is 13.5. The Kier molecular flexibility index (Phi) is 6.50. The minimum atomic E-state index is -0.872. The van der Waals surface area contributed by atoms with Crippen LogP contribution in [0.5, 0.6) is 11.5 Å². The molecule has 1 aliphatic carbocycles. The fourth-order valence-corrected chi connectivity index (χ4v) is 3.54. The molecule has 152 valence electrons. The van der Waals surface area contributed by atoms with E-state index >= 15 is 0 Å². The van der Waals surface area contributed by atoms with Gasteiger partial charge >= 0.3 is 0 Å². The van der Waals surface area contributed by atoms with E-state index in [1.165, 1.54) is 12.6 Å². The molecule has 1 aromatic carbocycles. The molecule has 2 aromatic rings. The van der Waals surface area contributed by atoms with Crippen molar-refractivity contribution < 1.29 is 28.9 Å². The van der Waals surface area contributed by atoms with Crippen LogP contribution in [-0.4, -0.2) is 77.6 Å². The number of aliphatic hydroxyl groups excluding tert-OH is 2. The average molecular weight is 391 g/mol. The van der Waals surface area contributed by atoms with Gasteiger partial charge in [0.25, 0.3) is 5.91 Å². The molecular weight excluding hydrogens is 366 g/mol. The Morgan fingerprint density at radius 3 is 2.89 bits per heavy atom. The number of likely N-dealkylation sites (N-methyl/N-ethyl adjacent to an activating group) is 1. The zero-order chi connectivity index (χ0) is 20.1. The van der Waals surface area contributed by atoms with Gasteiger partial charge in [-0.2, -0.15) is 0 Å². The summed E-state index contributed by atoms with van der Waals surface area (Å²) in [6, 6.07) is 6.28. The number of aromatic nitrogens is 1. The number of nitrogens with one attached hydrogen (secondary N) is 1. The predicted octanol–water partition coefficient (Wildman–Crippen LogP) is 0.286. The van der Waals surface area contributed by atoms with Gasteiger partial charge in [-0.05, 0) is 19.2 Å². The highest BCUT2D eigenvalue weighted by atomic mass is 16.5. The molecule has 0 saturated heterocycles. The SMILES string of the molecule is COc1cccc(O[C@@H]2C[C@@H](NC(=O)c3cnco3)[C@H](N(C)CCO)[C@H]2O)c1. The molecule has 1 fully saturated rings. The second-order valence-electron chi connectivity index (χ2n) is 6.70. The first kappa shape index (κ1) is 20.1. The van der Waals surface area contributed by atoms with Crippen LogP contribution in [0, 0.1) is 0 Å². The first-order valence-corrected chi connectivity index (χ1v) is 9.02. The summed E-state index contributed by atoms with van der Waals surface area (Å²) in [7, 11) is 3.35. The van der Waals surface area contributed by atoms with Crippen LogP contribution in [0.25, 0.3) is 0 Å². The van der Waals surface area contributed by atoms with Gasteiger partial charge in [-0.3, -0.25) is 9.69 Å². The van der Waals surface area contributed by atoms with E-state index in [0.29, 0.717) is 24.5 Å². The summed E-state index contributed by atoms with van der Waals surface area (Å²) in [5, 5.41) is 23.0. The predicted molar refractivity (Wildman–Crippen MR) is 99.3 cm³/mol. The number of amides is 1. The van der Waals surface area contributed by atoms with E-state index < -0.39 is 30.2 Å². The molecule has 1 heterocycles. The van der Waals surface area contributed by atoms with Gasteiger partial charge in [-0.25, -0.2) is 4.98 Å². The first-order valence-electron chi connectivity index (χ1n) is 9.02. The van der Waals surface area contributed by atoms with E-state index in [-0.39, 0.29) is 12.4 Å². The van der Waals surface area contributed by atoms with Crippen molar-refractivity contribution in [1.29, 1.82) is 0 Å². The number of carbonyl (C=O) groups excluding carboxylic acids is 1. The van der Waals surface area contributed by atoms with E-state index in [2.05, 4.69) is 10.3 Å². The molecule has 1 aromatic heterocycles. The summed E-state index contributed by atoms with van der Waals surface area (Å²) >= 11 is 0. The number of aliphatic hydroxyl groups is 2. The molecule has 1 aliphatic rings. The molecule has 9 nitrogen and oxygen atoms in total. The fourth-order valence-electron chi connectivity index (χ4n) is 3.54. The number of nitrogens with zero attached hydrogens (tertiary/aromatic N) is 2. The maximum Gasteiger partial charge on any atom is 0.288 e. The number of carbonyl (C=O) groups is 1. The van der Waals surface area contributed by atoms with E-state index in [1.54, 1.807) is 38.4 Å². The fraction of sp³-hybridized carbons (Fsp3) is 0.474. The van der Waals surface area contributed by atoms with Crippen LogP contribution in [0.3, 0.4) is 0 Å². The van der Waals surface area contributed by atoms with Crippen molar-refractivity contribution >= 4 is 5.91 Å². The Balaban J connectivity index is 1.76. The van der Waals surface area contributed by atoms with Gasteiger partial charge in [-0.1, -0.05) is 6.07 Å². The second kappa shape index (κ2) is 9.05. The number of ether oxygens (including phenoxy) is 2. The minimum Gasteiger partial charge on any atom is -0.497 e. The topological polar surface area (TPSA) is 117 Å². The van der Waals surface area contributed by atoms with Gasteiger partial charge in [-0.15, -0.1) is 0 Å². The maximum absolute atomic E-state index is 12.4. The third kappa shape index (κ3) is 4.44. The monoisotopic (exact) mass is 391 g/mol. The van der Waals surface area contributed by atoms with Gasteiger partial charge in [0, 0.05) is 19.0 Å². The van der Waals surface area contributed by atoms with Crippen molar-refractivity contribution in [3.05, 3.63) is 42.6 Å². The van der Waals surface area contributed by atoms with Gasteiger partial charge in [0.05, 0.1) is 32.0 Å². The number of oxazole rings is 1. The maximum atomic E-state index is 12.4. The van der Waals surface area contributed by atoms with Crippen molar-refractivity contribution in [3.63, 3.8) is 0 Å². The van der Waals surface area contributed by atoms with E-state index in [1.807, 2.05) is 4.90 Å². The molecule has 28 heavy (non-hydrogen) atoms. The standard InChI is InChI=1S/C19H25N3O6/c1-22(6-7-23)17-14(21-19(25)16-10-20-11-27-16)9-15(18(17)24)28-13-5-3-4-12(8-13)26-2/h3-5,8,10-11,14-15,17-18,23-24H,6-7,9H2,1-2H3,(H,21,25)/t14-,15-,17+,18+/m1/s1. The molecule has 0 radical (unpaired) electrons. The Morgan fingerprint density at radius 2 is 2.21 bits per heavy atom. The van der Waals surface area contributed by atoms with Crippen LogP contribution < -0.4 is 14.8 Å². The van der Waals surface area contributed by atoms with Gasteiger partial charge in [0.15, 0.2) is 6.39 Å². The smallest absolute Gasteiger partial charge is 0.288 e. The van der Waals surface area contributed by atoms with Gasteiger partial charge < -0.3 is 29.4 Å². The van der Waals surface area contributed by atoms with Crippen molar-refractivity contribution in [1.82, 2.24) is 15.2 Å². The highest BCUT2D eigenvalue weighted by molar-refractivity contribution is 5.91. The van der Waals surface area contributed by atoms with Crippen LogP contribution in [0.4, 0.5) is 0 Å². The third-order valence-electron chi connectivity index (χ3n) is 4.89. The number of methoxy groups -OCH3 is 1. The lowest BCUT2D eigenvalue weighted by molar-refractivity contribution is 0.0109. The molecule has 1 amide bonds. The summed E-state index contributed by atoms with van der Waals surface area (Å²) in [4.78, 5) is 17.9. The van der Waals surface area contributed by atoms with Crippen molar-refractivity contribution in [3.8, 4) is 11.5 Å². The van der Waals surface area contributed by atoms with Crippen molar-refractivity contribution in [2.75, 3.05) is 27.3 Å². The zero-order valence-corrected chi connectivity index (χ0v) is 15.8. The summed E-state index contributed by atoms with van der Waals surface area (Å²) in [5.41, 5.74) is 0. The molecule has 4 atom stereocenters. The van der Waals surface area contributed by atoms with Crippen LogP contribution in [0.1, 0.15) is 17.0 Å². The van der Waals surface area contributed by atoms with Crippen LogP contribution >= 0.6 is 0 Å². The van der Waals surface area contributed by atoms with Crippen LogP contribution in [-0.2, 0) is 0 Å². The molecular formula is C19H25N3O6. The van der Waals surface area contributed by atoms with E-state index in [9.17, 15) is 15.0 Å². The molecule has 0 bridgehead atoms. The normalized spacial score (nSPS) is 24.3. The summed E-state index contributed by atoms with van der Waals surface area (Å²) < 4.78 is 16.2. The molecule has 3 rings (SSSR count). The average Bonchev–Trinajstić information content (AvgIpc) is 3.31. The van der Waals surface area contributed by atoms with E-state index in [0.717, 1.165) is 0 Å². The highest BCUT2D eigenvalue weighted by Crippen LogP contribution is 2.30. The van der Waals surface area contributed by atoms with Crippen LogP contribution in [0.2, 0.25) is 0 Å². The summed E-state index contributed by atoms with van der Waals surface area (Å²) in [6.07, 6.45) is 1.49. The molecule has 0 unspecified atom stereocenters. The summed E-state index contributed by atoms with van der Waals surface area (Å²) in [6.45, 7) is 0.284. The molecule has 3 N–H and O–H groups in total. The molecule has 1 saturated carbocycles. The zero-order valence-electron chi connectivity index (χ0n) is 15.8. The lowest BCUT2D eigenvalue weighted by atomic mass is 10.1. The second-order valence-corrected chi connectivity index (χ2v) is 6.70. The Morgan fingerprint density at radius 1 is 1.43 bits per heavy atom. The van der Waals surface area contributed by atoms with Crippen molar-refractivity contribution in [2.24, 2.45) is 0 Å². The van der Waals surface area contributed by atoms with E-state index in [4.69, 9.17) is 13.9 Å². The lowest BCUT2D eigenvalue weighted by Crippen LogP contribution is -2.52. The number of hydrogen-bond acceptors (Lipinski definition) is 8. The number of hydrogen-bond donors (Lipinski definition) is 3. The number of rotatable bonds is 8. The molecule has 9 heteroatoms. The van der Waals surface area contributed by atoms with Gasteiger partial charge in [0.2, 0.25) is 5.76 Å². The Bertz CT molecular complexity index is 769. The Labute approximate surface area is 162 Å². The Hall–Kier alpha value is -2.62. The lowest BCUT2D eigenvalue weighted by Gasteiger charge is -2.31. The minimum absolute atomic E-state index is 0.0656. The van der Waals surface area contributed by atoms with Crippen molar-refractivity contribution in [2.45, 2.75) is 30.7 Å². The molecule has 0 aliphatic heterocycles. The summed E-state index contributed by atoms with van der Waals surface area (Å²) in [5.74, 6) is 0.887. The van der Waals surface area contributed by atoms with Crippen LogP contribution in [0.15, 0.2) is 41.3 Å². The third-order valence-corrected chi connectivity index (χ3v) is 4.89. The highest BCUT2D eigenvalue weighted by Gasteiger charge is 2.46. The van der Waals surface area contributed by atoms with Gasteiger partial charge in [0.1, 0.15) is 23.7 Å². The number of benzene rings is 1.